The number of pyridine rings is 1. The van der Waals surface area contributed by atoms with Gasteiger partial charge in [-0.25, -0.2) is 0 Å². The van der Waals surface area contributed by atoms with Crippen molar-refractivity contribution in [3.63, 3.8) is 0 Å². The van der Waals surface area contributed by atoms with E-state index in [2.05, 4.69) is 32.3 Å². The number of H-pyrrole nitrogens is 1. The third kappa shape index (κ3) is 3.25. The van der Waals surface area contributed by atoms with Gasteiger partial charge in [-0.15, -0.1) is 0 Å². The van der Waals surface area contributed by atoms with Crippen LogP contribution < -0.4 is 10.2 Å². The second kappa shape index (κ2) is 6.86. The van der Waals surface area contributed by atoms with Gasteiger partial charge in [-0.05, 0) is 36.8 Å². The van der Waals surface area contributed by atoms with E-state index < -0.39 is 0 Å². The summed E-state index contributed by atoms with van der Waals surface area (Å²) >= 11 is 6.05. The summed E-state index contributed by atoms with van der Waals surface area (Å²) in [5.41, 5.74) is 4.29. The first-order chi connectivity index (χ1) is 12.2. The Labute approximate surface area is 152 Å². The van der Waals surface area contributed by atoms with Crippen LogP contribution in [-0.4, -0.2) is 40.9 Å². The summed E-state index contributed by atoms with van der Waals surface area (Å²) in [6.45, 7) is 5.03. The summed E-state index contributed by atoms with van der Waals surface area (Å²) in [7, 11) is 0. The fourth-order valence-corrected chi connectivity index (χ4v) is 3.43. The van der Waals surface area contributed by atoms with Crippen LogP contribution in [0.2, 0.25) is 5.02 Å². The van der Waals surface area contributed by atoms with Crippen LogP contribution in [0.5, 0.6) is 0 Å². The van der Waals surface area contributed by atoms with E-state index in [0.29, 0.717) is 6.04 Å². The molecule has 0 spiro atoms. The first-order valence-electron chi connectivity index (χ1n) is 8.45. The minimum absolute atomic E-state index is 0.440. The maximum absolute atomic E-state index is 6.05. The maximum atomic E-state index is 6.05. The van der Waals surface area contributed by atoms with Crippen molar-refractivity contribution < 1.29 is 0 Å². The van der Waals surface area contributed by atoms with Crippen LogP contribution in [0.15, 0.2) is 48.8 Å². The summed E-state index contributed by atoms with van der Waals surface area (Å²) in [4.78, 5) is 6.49. The van der Waals surface area contributed by atoms with Crippen molar-refractivity contribution in [3.8, 4) is 22.4 Å². The molecule has 0 aliphatic carbocycles. The number of rotatable bonds is 3. The lowest BCUT2D eigenvalue weighted by Gasteiger charge is -2.32. The summed E-state index contributed by atoms with van der Waals surface area (Å²) in [6, 6.07) is 12.3. The Morgan fingerprint density at radius 2 is 1.84 bits per heavy atom. The molecule has 1 aromatic carbocycles. The number of aromatic amines is 1. The molecule has 0 saturated carbocycles. The average Bonchev–Trinajstić information content (AvgIpc) is 3.08. The van der Waals surface area contributed by atoms with Crippen molar-refractivity contribution in [2.75, 3.05) is 24.5 Å². The summed E-state index contributed by atoms with van der Waals surface area (Å²) in [5.74, 6) is 0.990. The zero-order valence-electron chi connectivity index (χ0n) is 14.0. The standard InChI is InChI=1S/C19H20ClN5/c1-13-12-25(11-10-22-13)19-17(14-6-8-21-9-7-14)18(23-24-19)15-2-4-16(20)5-3-15/h2-9,13,22H,10-12H2,1H3,(H,23,24). The van der Waals surface area contributed by atoms with E-state index in [1.807, 2.05) is 48.8 Å². The first-order valence-corrected chi connectivity index (χ1v) is 8.83. The second-order valence-electron chi connectivity index (χ2n) is 6.34. The Balaban J connectivity index is 1.83. The molecule has 3 aromatic rings. The monoisotopic (exact) mass is 353 g/mol. The molecule has 128 valence electrons. The molecule has 2 aromatic heterocycles. The van der Waals surface area contributed by atoms with Gasteiger partial charge < -0.3 is 10.2 Å². The highest BCUT2D eigenvalue weighted by atomic mass is 35.5. The smallest absolute Gasteiger partial charge is 0.159 e. The zero-order valence-corrected chi connectivity index (χ0v) is 14.8. The lowest BCUT2D eigenvalue weighted by Crippen LogP contribution is -2.49. The van der Waals surface area contributed by atoms with Gasteiger partial charge in [-0.3, -0.25) is 10.1 Å². The molecule has 1 unspecified atom stereocenters. The molecule has 1 saturated heterocycles. The fraction of sp³-hybridized carbons (Fsp3) is 0.263. The van der Waals surface area contributed by atoms with Crippen LogP contribution in [0, 0.1) is 0 Å². The molecular formula is C19H20ClN5. The van der Waals surface area contributed by atoms with Crippen molar-refractivity contribution in [3.05, 3.63) is 53.8 Å². The van der Waals surface area contributed by atoms with Gasteiger partial charge in [0.25, 0.3) is 0 Å². The number of benzene rings is 1. The molecule has 4 rings (SSSR count). The lowest BCUT2D eigenvalue weighted by molar-refractivity contribution is 0.482. The molecule has 1 fully saturated rings. The predicted molar refractivity (Wildman–Crippen MR) is 102 cm³/mol. The van der Waals surface area contributed by atoms with E-state index >= 15 is 0 Å². The molecule has 2 N–H and O–H groups in total. The number of halogens is 1. The molecule has 5 nitrogen and oxygen atoms in total. The highest BCUT2D eigenvalue weighted by Gasteiger charge is 2.24. The molecule has 0 radical (unpaired) electrons. The number of anilines is 1. The van der Waals surface area contributed by atoms with Crippen LogP contribution in [0.25, 0.3) is 22.4 Å². The first kappa shape index (κ1) is 16.1. The molecule has 6 heteroatoms. The highest BCUT2D eigenvalue weighted by Crippen LogP contribution is 2.38. The fourth-order valence-electron chi connectivity index (χ4n) is 3.30. The Kier molecular flexibility index (Phi) is 4.42. The van der Waals surface area contributed by atoms with E-state index in [-0.39, 0.29) is 0 Å². The average molecular weight is 354 g/mol. The van der Waals surface area contributed by atoms with Crippen molar-refractivity contribution in [1.29, 1.82) is 0 Å². The van der Waals surface area contributed by atoms with Crippen LogP contribution in [-0.2, 0) is 0 Å². The maximum Gasteiger partial charge on any atom is 0.159 e. The summed E-state index contributed by atoms with van der Waals surface area (Å²) in [6.07, 6.45) is 3.64. The number of piperazine rings is 1. The van der Waals surface area contributed by atoms with E-state index in [4.69, 9.17) is 11.6 Å². The van der Waals surface area contributed by atoms with Gasteiger partial charge in [-0.1, -0.05) is 23.7 Å². The van der Waals surface area contributed by atoms with Gasteiger partial charge in [0.15, 0.2) is 5.82 Å². The van der Waals surface area contributed by atoms with Crippen LogP contribution in [0.1, 0.15) is 6.92 Å². The quantitative estimate of drug-likeness (QED) is 0.755. The largest absolute Gasteiger partial charge is 0.352 e. The van der Waals surface area contributed by atoms with E-state index in [1.54, 1.807) is 0 Å². The number of hydrogen-bond donors (Lipinski definition) is 2. The minimum atomic E-state index is 0.440. The van der Waals surface area contributed by atoms with Crippen LogP contribution in [0.3, 0.4) is 0 Å². The normalized spacial score (nSPS) is 17.7. The molecule has 3 heterocycles. The Bertz CT molecular complexity index is 844. The molecule has 25 heavy (non-hydrogen) atoms. The summed E-state index contributed by atoms with van der Waals surface area (Å²) in [5, 5.41) is 12.1. The van der Waals surface area contributed by atoms with E-state index in [0.717, 1.165) is 52.9 Å². The van der Waals surface area contributed by atoms with Gasteiger partial charge in [0.2, 0.25) is 0 Å². The van der Waals surface area contributed by atoms with Gasteiger partial charge in [0.1, 0.15) is 0 Å². The third-order valence-corrected chi connectivity index (χ3v) is 4.77. The molecule has 1 aliphatic heterocycles. The van der Waals surface area contributed by atoms with E-state index in [9.17, 15) is 0 Å². The topological polar surface area (TPSA) is 56.8 Å². The molecule has 1 aliphatic rings. The van der Waals surface area contributed by atoms with Crippen molar-refractivity contribution in [1.82, 2.24) is 20.5 Å². The molecule has 0 amide bonds. The van der Waals surface area contributed by atoms with Gasteiger partial charge >= 0.3 is 0 Å². The minimum Gasteiger partial charge on any atom is -0.352 e. The zero-order chi connectivity index (χ0) is 17.2. The predicted octanol–water partition coefficient (Wildman–Crippen LogP) is 3.59. The highest BCUT2D eigenvalue weighted by molar-refractivity contribution is 6.30. The molecule has 1 atom stereocenters. The second-order valence-corrected chi connectivity index (χ2v) is 6.78. The Morgan fingerprint density at radius 3 is 2.56 bits per heavy atom. The van der Waals surface area contributed by atoms with E-state index in [1.165, 1.54) is 0 Å². The SMILES string of the molecule is CC1CN(c2n[nH]c(-c3ccc(Cl)cc3)c2-c2ccncc2)CCN1. The number of hydrogen-bond acceptors (Lipinski definition) is 4. The Morgan fingerprint density at radius 1 is 1.08 bits per heavy atom. The molecular weight excluding hydrogens is 334 g/mol. The number of nitrogens with zero attached hydrogens (tertiary/aromatic N) is 3. The number of aromatic nitrogens is 3. The molecule has 0 bridgehead atoms. The van der Waals surface area contributed by atoms with Gasteiger partial charge in [-0.2, -0.15) is 5.10 Å². The Hall–Kier alpha value is -2.37. The third-order valence-electron chi connectivity index (χ3n) is 4.52. The van der Waals surface area contributed by atoms with Crippen molar-refractivity contribution in [2.45, 2.75) is 13.0 Å². The van der Waals surface area contributed by atoms with Gasteiger partial charge in [0, 0.05) is 48.7 Å². The summed E-state index contributed by atoms with van der Waals surface area (Å²) < 4.78 is 0. The van der Waals surface area contributed by atoms with Crippen LogP contribution >= 0.6 is 11.6 Å². The van der Waals surface area contributed by atoms with Crippen molar-refractivity contribution in [2.24, 2.45) is 0 Å². The van der Waals surface area contributed by atoms with Crippen molar-refractivity contribution >= 4 is 17.4 Å². The van der Waals surface area contributed by atoms with Crippen LogP contribution in [0.4, 0.5) is 5.82 Å². The lowest BCUT2D eigenvalue weighted by atomic mass is 10.0. The number of nitrogens with one attached hydrogen (secondary N) is 2. The van der Waals surface area contributed by atoms with Gasteiger partial charge in [0.05, 0.1) is 11.3 Å².